The number of nitrogens with zero attached hydrogens (tertiary/aromatic N) is 1. The molecule has 0 spiro atoms. The molecule has 0 bridgehead atoms. The van der Waals surface area contributed by atoms with Crippen LogP contribution < -0.4 is 0 Å². The standard InChI is InChI=1S/C10H10N2/c1-8-4-5-10(12-8)7-9-3-2-6-11-9/h2-7,12H,1H3. The fraction of sp³-hybridized carbons (Fsp3) is 0.100. The number of H-pyrrole nitrogens is 1. The molecule has 2 nitrogen and oxygen atoms in total. The van der Waals surface area contributed by atoms with Crippen LogP contribution in [0.15, 0.2) is 35.0 Å². The molecule has 1 aromatic heterocycles. The highest BCUT2D eigenvalue weighted by molar-refractivity contribution is 5.79. The second-order valence-electron chi connectivity index (χ2n) is 2.80. The lowest BCUT2D eigenvalue weighted by molar-refractivity contribution is 1.24. The van der Waals surface area contributed by atoms with Gasteiger partial charge in [0.1, 0.15) is 0 Å². The highest BCUT2D eigenvalue weighted by Crippen LogP contribution is 2.10. The van der Waals surface area contributed by atoms with E-state index >= 15 is 0 Å². The number of allylic oxidation sites excluding steroid dienone is 2. The normalized spacial score (nSPS) is 17.9. The first-order valence-electron chi connectivity index (χ1n) is 3.93. The summed E-state index contributed by atoms with van der Waals surface area (Å²) in [5.74, 6) is 0. The van der Waals surface area contributed by atoms with Gasteiger partial charge in [0.05, 0.1) is 5.70 Å². The molecule has 1 aliphatic heterocycles. The first-order chi connectivity index (χ1) is 5.84. The molecular formula is C10H10N2. The van der Waals surface area contributed by atoms with E-state index in [4.69, 9.17) is 0 Å². The Morgan fingerprint density at radius 2 is 2.33 bits per heavy atom. The first-order valence-corrected chi connectivity index (χ1v) is 3.93. The van der Waals surface area contributed by atoms with Crippen molar-refractivity contribution in [3.8, 4) is 0 Å². The van der Waals surface area contributed by atoms with E-state index in [1.165, 1.54) is 5.69 Å². The number of nitrogens with one attached hydrogen (secondary N) is 1. The third kappa shape index (κ3) is 1.37. The minimum atomic E-state index is 0.997. The van der Waals surface area contributed by atoms with Gasteiger partial charge in [0.25, 0.3) is 0 Å². The van der Waals surface area contributed by atoms with Gasteiger partial charge < -0.3 is 4.98 Å². The molecule has 2 heteroatoms. The van der Waals surface area contributed by atoms with Crippen LogP contribution in [-0.4, -0.2) is 11.2 Å². The Labute approximate surface area is 71.3 Å². The van der Waals surface area contributed by atoms with Crippen molar-refractivity contribution in [1.82, 2.24) is 4.98 Å². The molecule has 1 aliphatic rings. The number of aryl methyl sites for hydroxylation is 1. The summed E-state index contributed by atoms with van der Waals surface area (Å²) >= 11 is 0. The molecule has 1 aromatic rings. The zero-order valence-corrected chi connectivity index (χ0v) is 6.91. The number of hydrogen-bond donors (Lipinski definition) is 1. The van der Waals surface area contributed by atoms with Crippen LogP contribution in [0.25, 0.3) is 6.08 Å². The molecule has 0 aromatic carbocycles. The van der Waals surface area contributed by atoms with Crippen molar-refractivity contribution in [2.75, 3.05) is 0 Å². The second kappa shape index (κ2) is 2.81. The van der Waals surface area contributed by atoms with Crippen LogP contribution >= 0.6 is 0 Å². The van der Waals surface area contributed by atoms with Crippen LogP contribution in [0.4, 0.5) is 0 Å². The summed E-state index contributed by atoms with van der Waals surface area (Å²) < 4.78 is 0. The van der Waals surface area contributed by atoms with Gasteiger partial charge in [-0.1, -0.05) is 0 Å². The second-order valence-corrected chi connectivity index (χ2v) is 2.80. The van der Waals surface area contributed by atoms with Gasteiger partial charge in [-0.05, 0) is 37.3 Å². The summed E-state index contributed by atoms with van der Waals surface area (Å²) in [6, 6.07) is 4.10. The summed E-state index contributed by atoms with van der Waals surface area (Å²) in [7, 11) is 0. The van der Waals surface area contributed by atoms with Gasteiger partial charge in [-0.2, -0.15) is 0 Å². The number of aromatic amines is 1. The molecule has 0 atom stereocenters. The molecule has 0 unspecified atom stereocenters. The summed E-state index contributed by atoms with van der Waals surface area (Å²) in [5.41, 5.74) is 3.27. The van der Waals surface area contributed by atoms with Gasteiger partial charge >= 0.3 is 0 Å². The largest absolute Gasteiger partial charge is 0.359 e. The molecule has 0 amide bonds. The van der Waals surface area contributed by atoms with E-state index in [1.807, 2.05) is 31.2 Å². The van der Waals surface area contributed by atoms with Crippen LogP contribution in [0.2, 0.25) is 0 Å². The van der Waals surface area contributed by atoms with Gasteiger partial charge in [-0.3, -0.25) is 4.99 Å². The lowest BCUT2D eigenvalue weighted by Gasteiger charge is -1.88. The summed E-state index contributed by atoms with van der Waals surface area (Å²) in [4.78, 5) is 7.36. The number of aliphatic imine (C=N–C) groups is 1. The molecule has 2 heterocycles. The minimum absolute atomic E-state index is 0.997. The quantitative estimate of drug-likeness (QED) is 0.649. The summed E-state index contributed by atoms with van der Waals surface area (Å²) in [5, 5.41) is 0. The predicted molar refractivity (Wildman–Crippen MR) is 51.1 cm³/mol. The van der Waals surface area contributed by atoms with Gasteiger partial charge in [-0.25, -0.2) is 0 Å². The van der Waals surface area contributed by atoms with Crippen LogP contribution in [0.5, 0.6) is 0 Å². The van der Waals surface area contributed by atoms with Crippen LogP contribution in [0, 0.1) is 6.92 Å². The zero-order valence-electron chi connectivity index (χ0n) is 6.91. The highest BCUT2D eigenvalue weighted by Gasteiger charge is 1.95. The van der Waals surface area contributed by atoms with E-state index in [-0.39, 0.29) is 0 Å². The monoisotopic (exact) mass is 158 g/mol. The Kier molecular flexibility index (Phi) is 1.67. The van der Waals surface area contributed by atoms with E-state index in [0.29, 0.717) is 0 Å². The zero-order chi connectivity index (χ0) is 8.39. The molecule has 1 N–H and O–H groups in total. The van der Waals surface area contributed by atoms with E-state index in [0.717, 1.165) is 11.4 Å². The third-order valence-corrected chi connectivity index (χ3v) is 1.73. The maximum absolute atomic E-state index is 4.15. The smallest absolute Gasteiger partial charge is 0.0650 e. The van der Waals surface area contributed by atoms with Crippen LogP contribution in [-0.2, 0) is 0 Å². The molecule has 0 aliphatic carbocycles. The van der Waals surface area contributed by atoms with Crippen molar-refractivity contribution < 1.29 is 0 Å². The molecule has 0 radical (unpaired) electrons. The molecule has 0 saturated carbocycles. The third-order valence-electron chi connectivity index (χ3n) is 1.73. The van der Waals surface area contributed by atoms with Crippen molar-refractivity contribution in [3.63, 3.8) is 0 Å². The summed E-state index contributed by atoms with van der Waals surface area (Å²) in [6.07, 6.45) is 7.73. The van der Waals surface area contributed by atoms with Gasteiger partial charge in [0.2, 0.25) is 0 Å². The van der Waals surface area contributed by atoms with Gasteiger partial charge in [-0.15, -0.1) is 0 Å². The van der Waals surface area contributed by atoms with E-state index in [2.05, 4.69) is 16.0 Å². The van der Waals surface area contributed by atoms with Crippen molar-refractivity contribution in [2.24, 2.45) is 4.99 Å². The Bertz CT molecular complexity index is 353. The Morgan fingerprint density at radius 3 is 2.92 bits per heavy atom. The molecule has 2 rings (SSSR count). The highest BCUT2D eigenvalue weighted by atomic mass is 14.8. The molecule has 0 fully saturated rings. The lowest BCUT2D eigenvalue weighted by atomic mass is 10.3. The first kappa shape index (κ1) is 7.10. The number of rotatable bonds is 1. The maximum atomic E-state index is 4.15. The fourth-order valence-corrected chi connectivity index (χ4v) is 1.17. The minimum Gasteiger partial charge on any atom is -0.359 e. The SMILES string of the molecule is Cc1ccc(C=C2C=CC=N2)[nH]1. The molecular weight excluding hydrogens is 148 g/mol. The van der Waals surface area contributed by atoms with Crippen molar-refractivity contribution in [3.05, 3.63) is 41.4 Å². The predicted octanol–water partition coefficient (Wildman–Crippen LogP) is 2.30. The Morgan fingerprint density at radius 1 is 1.42 bits per heavy atom. The number of aromatic nitrogens is 1. The van der Waals surface area contributed by atoms with Gasteiger partial charge in [0, 0.05) is 17.6 Å². The fourth-order valence-electron chi connectivity index (χ4n) is 1.17. The molecule has 0 saturated heterocycles. The van der Waals surface area contributed by atoms with Crippen molar-refractivity contribution in [2.45, 2.75) is 6.92 Å². The molecule has 12 heavy (non-hydrogen) atoms. The topological polar surface area (TPSA) is 28.1 Å². The van der Waals surface area contributed by atoms with Gasteiger partial charge in [0.15, 0.2) is 0 Å². The van der Waals surface area contributed by atoms with Crippen LogP contribution in [0.3, 0.4) is 0 Å². The van der Waals surface area contributed by atoms with Crippen LogP contribution in [0.1, 0.15) is 11.4 Å². The number of hydrogen-bond acceptors (Lipinski definition) is 1. The average molecular weight is 158 g/mol. The Hall–Kier alpha value is -1.57. The van der Waals surface area contributed by atoms with Crippen molar-refractivity contribution in [1.29, 1.82) is 0 Å². The maximum Gasteiger partial charge on any atom is 0.0650 e. The van der Waals surface area contributed by atoms with E-state index in [1.54, 1.807) is 6.21 Å². The lowest BCUT2D eigenvalue weighted by Crippen LogP contribution is -1.73. The average Bonchev–Trinajstić information content (AvgIpc) is 2.63. The van der Waals surface area contributed by atoms with E-state index in [9.17, 15) is 0 Å². The summed E-state index contributed by atoms with van der Waals surface area (Å²) in [6.45, 7) is 2.04. The van der Waals surface area contributed by atoms with Crippen molar-refractivity contribution >= 4 is 12.3 Å². The molecule has 60 valence electrons. The Balaban J connectivity index is 2.28. The van der Waals surface area contributed by atoms with E-state index < -0.39 is 0 Å².